The molecule has 0 saturated heterocycles. The summed E-state index contributed by atoms with van der Waals surface area (Å²) in [5.74, 6) is -0.117. The molecule has 0 aliphatic rings. The van der Waals surface area contributed by atoms with E-state index >= 15 is 0 Å². The van der Waals surface area contributed by atoms with E-state index in [1.165, 1.54) is 10.6 Å². The fraction of sp³-hybridized carbons (Fsp3) is 0.231. The molecule has 0 spiro atoms. The molecule has 2 N–H and O–H groups in total. The summed E-state index contributed by atoms with van der Waals surface area (Å²) in [4.78, 5) is 29.8. The van der Waals surface area contributed by atoms with Gasteiger partial charge in [0.05, 0.1) is 16.6 Å². The number of fused-ring (bicyclic) bond motifs is 1. The molecule has 3 rings (SSSR count). The summed E-state index contributed by atoms with van der Waals surface area (Å²) in [6.45, 7) is 2.04. The number of nitrogens with zero attached hydrogens (tertiary/aromatic N) is 3. The van der Waals surface area contributed by atoms with Crippen molar-refractivity contribution in [3.63, 3.8) is 0 Å². The lowest BCUT2D eigenvalue weighted by Crippen LogP contribution is -2.17. The number of nitrogens with one attached hydrogen (secondary N) is 1. The molecule has 8 nitrogen and oxygen atoms in total. The van der Waals surface area contributed by atoms with Gasteiger partial charge in [-0.2, -0.15) is 4.98 Å². The third kappa shape index (κ3) is 2.31. The quantitative estimate of drug-likeness (QED) is 0.739. The second-order valence-electron chi connectivity index (χ2n) is 4.57. The highest BCUT2D eigenvalue weighted by Crippen LogP contribution is 2.16. The number of benzene rings is 1. The van der Waals surface area contributed by atoms with Crippen molar-refractivity contribution in [2.75, 3.05) is 0 Å². The van der Waals surface area contributed by atoms with Gasteiger partial charge in [0.2, 0.25) is 5.89 Å². The maximum absolute atomic E-state index is 12.0. The predicted molar refractivity (Wildman–Crippen MR) is 72.3 cm³/mol. The van der Waals surface area contributed by atoms with E-state index in [0.29, 0.717) is 35.7 Å². The van der Waals surface area contributed by atoms with Crippen LogP contribution in [0.25, 0.3) is 11.0 Å². The van der Waals surface area contributed by atoms with Crippen LogP contribution in [-0.4, -0.2) is 30.8 Å². The lowest BCUT2D eigenvalue weighted by atomic mass is 10.2. The first-order chi connectivity index (χ1) is 10.1. The zero-order chi connectivity index (χ0) is 15.0. The molecule has 2 heterocycles. The van der Waals surface area contributed by atoms with E-state index in [1.807, 2.05) is 0 Å². The molecule has 108 valence electrons. The third-order valence-corrected chi connectivity index (χ3v) is 3.16. The summed E-state index contributed by atoms with van der Waals surface area (Å²) < 4.78 is 6.46. The van der Waals surface area contributed by atoms with Crippen molar-refractivity contribution in [2.24, 2.45) is 0 Å². The van der Waals surface area contributed by atoms with Crippen LogP contribution in [0.3, 0.4) is 0 Å². The summed E-state index contributed by atoms with van der Waals surface area (Å²) in [6.07, 6.45) is 0.394. The van der Waals surface area contributed by atoms with Gasteiger partial charge in [-0.3, -0.25) is 4.57 Å². The molecular weight excluding hydrogens is 276 g/mol. The number of carboxylic acid groups (broad SMARTS) is 1. The summed E-state index contributed by atoms with van der Waals surface area (Å²) in [7, 11) is 0. The van der Waals surface area contributed by atoms with Crippen LogP contribution in [0, 0.1) is 6.92 Å². The Morgan fingerprint density at radius 1 is 1.48 bits per heavy atom. The first-order valence-corrected chi connectivity index (χ1v) is 6.30. The Hall–Kier alpha value is -2.90. The van der Waals surface area contributed by atoms with Crippen LogP contribution in [0.15, 0.2) is 27.5 Å². The second kappa shape index (κ2) is 4.89. The molecule has 0 atom stereocenters. The van der Waals surface area contributed by atoms with E-state index in [2.05, 4.69) is 15.1 Å². The summed E-state index contributed by atoms with van der Waals surface area (Å²) >= 11 is 0. The fourth-order valence-electron chi connectivity index (χ4n) is 2.23. The summed E-state index contributed by atoms with van der Waals surface area (Å²) in [5, 5.41) is 12.8. The maximum Gasteiger partial charge on any atom is 0.337 e. The molecule has 0 bridgehead atoms. The van der Waals surface area contributed by atoms with Gasteiger partial charge in [0.25, 0.3) is 0 Å². The Morgan fingerprint density at radius 3 is 2.95 bits per heavy atom. The molecule has 0 fully saturated rings. The fourth-order valence-corrected chi connectivity index (χ4v) is 2.23. The van der Waals surface area contributed by atoms with Gasteiger partial charge in [-0.15, -0.1) is 0 Å². The molecule has 1 aromatic carbocycles. The normalized spacial score (nSPS) is 11.1. The highest BCUT2D eigenvalue weighted by atomic mass is 16.5. The zero-order valence-corrected chi connectivity index (χ0v) is 11.2. The van der Waals surface area contributed by atoms with Crippen LogP contribution in [0.1, 0.15) is 22.1 Å². The van der Waals surface area contributed by atoms with Crippen LogP contribution in [-0.2, 0) is 13.0 Å². The minimum absolute atomic E-state index is 0.0667. The van der Waals surface area contributed by atoms with Crippen molar-refractivity contribution in [1.82, 2.24) is 19.7 Å². The molecule has 0 aliphatic heterocycles. The molecule has 0 saturated carbocycles. The molecule has 0 aliphatic carbocycles. The van der Waals surface area contributed by atoms with Gasteiger partial charge in [0, 0.05) is 13.0 Å². The zero-order valence-electron chi connectivity index (χ0n) is 11.2. The molecule has 0 unspecified atom stereocenters. The number of carbonyl (C=O) groups is 1. The topological polar surface area (TPSA) is 114 Å². The first kappa shape index (κ1) is 13.1. The average Bonchev–Trinajstić information content (AvgIpc) is 2.98. The third-order valence-electron chi connectivity index (χ3n) is 3.16. The van der Waals surface area contributed by atoms with E-state index < -0.39 is 5.97 Å². The molecule has 0 amide bonds. The number of aromatic amines is 1. The Balaban J connectivity index is 1.99. The van der Waals surface area contributed by atoms with E-state index in [0.717, 1.165) is 0 Å². The standard InChI is InChI=1S/C13H12N4O4/c1-7-14-10(21-16-7)5-6-17-9-4-2-3-8(12(18)19)11(9)15-13(17)20/h2-4H,5-6H2,1H3,(H,15,20)(H,18,19). The average molecular weight is 288 g/mol. The minimum Gasteiger partial charge on any atom is -0.478 e. The largest absolute Gasteiger partial charge is 0.478 e. The molecular formula is C13H12N4O4. The highest BCUT2D eigenvalue weighted by Gasteiger charge is 2.14. The SMILES string of the molecule is Cc1noc(CCn2c(=O)[nH]c3c(C(=O)O)cccc32)n1. The number of imidazole rings is 1. The van der Waals surface area contributed by atoms with Gasteiger partial charge in [-0.05, 0) is 19.1 Å². The van der Waals surface area contributed by atoms with E-state index in [4.69, 9.17) is 9.63 Å². The van der Waals surface area contributed by atoms with Gasteiger partial charge in [0.1, 0.15) is 0 Å². The number of para-hydroxylation sites is 1. The number of H-pyrrole nitrogens is 1. The number of rotatable bonds is 4. The second-order valence-corrected chi connectivity index (χ2v) is 4.57. The van der Waals surface area contributed by atoms with Crippen LogP contribution in [0.4, 0.5) is 0 Å². The Labute approximate surface area is 118 Å². The van der Waals surface area contributed by atoms with Crippen molar-refractivity contribution < 1.29 is 14.4 Å². The van der Waals surface area contributed by atoms with E-state index in [1.54, 1.807) is 19.1 Å². The first-order valence-electron chi connectivity index (χ1n) is 6.30. The van der Waals surface area contributed by atoms with Crippen molar-refractivity contribution in [1.29, 1.82) is 0 Å². The van der Waals surface area contributed by atoms with Crippen molar-refractivity contribution >= 4 is 17.0 Å². The minimum atomic E-state index is -1.08. The van der Waals surface area contributed by atoms with Gasteiger partial charge < -0.3 is 14.6 Å². The number of hydrogen-bond donors (Lipinski definition) is 2. The van der Waals surface area contributed by atoms with Crippen LogP contribution in [0.2, 0.25) is 0 Å². The maximum atomic E-state index is 12.0. The highest BCUT2D eigenvalue weighted by molar-refractivity contribution is 6.00. The van der Waals surface area contributed by atoms with E-state index in [9.17, 15) is 9.59 Å². The summed E-state index contributed by atoms with van der Waals surface area (Å²) in [6, 6.07) is 4.75. The van der Waals surface area contributed by atoms with Crippen LogP contribution in [0.5, 0.6) is 0 Å². The number of hydrogen-bond acceptors (Lipinski definition) is 5. The monoisotopic (exact) mass is 288 g/mol. The Kier molecular flexibility index (Phi) is 3.05. The summed E-state index contributed by atoms with van der Waals surface area (Å²) in [5.41, 5.74) is 0.555. The Morgan fingerprint density at radius 2 is 2.29 bits per heavy atom. The van der Waals surface area contributed by atoms with Crippen molar-refractivity contribution in [3.05, 3.63) is 46.0 Å². The van der Waals surface area contributed by atoms with Crippen LogP contribution < -0.4 is 5.69 Å². The molecule has 8 heteroatoms. The van der Waals surface area contributed by atoms with Gasteiger partial charge >= 0.3 is 11.7 Å². The number of aryl methyl sites for hydroxylation is 3. The lowest BCUT2D eigenvalue weighted by molar-refractivity contribution is 0.0699. The van der Waals surface area contributed by atoms with Gasteiger partial charge in [-0.1, -0.05) is 11.2 Å². The van der Waals surface area contributed by atoms with Gasteiger partial charge in [-0.25, -0.2) is 9.59 Å². The molecule has 3 aromatic rings. The smallest absolute Gasteiger partial charge is 0.337 e. The molecule has 21 heavy (non-hydrogen) atoms. The molecule has 0 radical (unpaired) electrons. The number of aromatic nitrogens is 4. The predicted octanol–water partition coefficient (Wildman–Crippen LogP) is 0.962. The van der Waals surface area contributed by atoms with Crippen molar-refractivity contribution in [3.8, 4) is 0 Å². The van der Waals surface area contributed by atoms with Crippen LogP contribution >= 0.6 is 0 Å². The van der Waals surface area contributed by atoms with E-state index in [-0.39, 0.29) is 11.3 Å². The van der Waals surface area contributed by atoms with Crippen molar-refractivity contribution in [2.45, 2.75) is 19.9 Å². The number of aromatic carboxylic acids is 1. The molecule has 2 aromatic heterocycles. The van der Waals surface area contributed by atoms with Gasteiger partial charge in [0.15, 0.2) is 5.82 Å². The Bertz CT molecular complexity index is 874. The lowest BCUT2D eigenvalue weighted by Gasteiger charge is -2.01. The number of carboxylic acids is 1.